The molecule has 6 aliphatic rings. The minimum absolute atomic E-state index is 0.00146. The molecule has 0 fully saturated rings. The van der Waals surface area contributed by atoms with Crippen molar-refractivity contribution in [2.75, 3.05) is 14.7 Å². The van der Waals surface area contributed by atoms with Gasteiger partial charge in [-0.05, 0) is 249 Å². The zero-order valence-electron chi connectivity index (χ0n) is 59.9. The molecule has 4 heteroatoms. The Balaban J connectivity index is 1.14. The normalized spacial score (nSPS) is 19.7. The number of anilines is 9. The molecule has 8 aromatic rings. The molecule has 0 aromatic heterocycles. The Labute approximate surface area is 549 Å². The Hall–Kier alpha value is -6.78. The summed E-state index contributed by atoms with van der Waals surface area (Å²) in [6, 6.07) is 57.8. The fourth-order valence-electron chi connectivity index (χ4n) is 17.5. The standard InChI is InChI=1S/C87H104BN3/c1-78(2,3)53-24-29-56(30-25-53)89(57-31-26-54(27-32-57)79(4,5)6)60-47-75-77-76(48-60)91(59-34-37-63-66(46-59)82(12,13)39-38-81(63,10)11)74-52-70-68(84(16,17)41-43-86(70,20)21)50-72(74)88(77)71-49-67-69(85(18,19)42-40-83(67,14)15)51-73(71)90(75)58-33-36-62-61-35-28-55(80(7,8)9)44-64(61)87(22,23)65(62)45-58/h24-37,44-52H,38-43H2,1-23H3. The highest BCUT2D eigenvalue weighted by Crippen LogP contribution is 2.58. The van der Waals surface area contributed by atoms with Gasteiger partial charge in [0.2, 0.25) is 0 Å². The van der Waals surface area contributed by atoms with Gasteiger partial charge in [-0.25, -0.2) is 0 Å². The first-order valence-electron chi connectivity index (χ1n) is 34.8. The highest BCUT2D eigenvalue weighted by molar-refractivity contribution is 7.00. The number of hydrogen-bond acceptors (Lipinski definition) is 3. The smallest absolute Gasteiger partial charge is 0.252 e. The summed E-state index contributed by atoms with van der Waals surface area (Å²) in [6.45, 7) is 56.1. The molecule has 91 heavy (non-hydrogen) atoms. The van der Waals surface area contributed by atoms with Crippen molar-refractivity contribution in [1.82, 2.24) is 0 Å². The second kappa shape index (κ2) is 19.6. The Kier molecular flexibility index (Phi) is 13.3. The van der Waals surface area contributed by atoms with Crippen LogP contribution in [0.15, 0.2) is 140 Å². The molecule has 0 saturated carbocycles. The van der Waals surface area contributed by atoms with Crippen molar-refractivity contribution < 1.29 is 0 Å². The molecule has 0 saturated heterocycles. The van der Waals surface area contributed by atoms with Crippen molar-refractivity contribution >= 4 is 74.3 Å². The summed E-state index contributed by atoms with van der Waals surface area (Å²) in [4.78, 5) is 8.12. The van der Waals surface area contributed by atoms with Gasteiger partial charge in [-0.15, -0.1) is 0 Å². The number of hydrogen-bond donors (Lipinski definition) is 0. The van der Waals surface area contributed by atoms with Crippen molar-refractivity contribution in [2.24, 2.45) is 0 Å². The van der Waals surface area contributed by atoms with E-state index in [9.17, 15) is 0 Å². The second-order valence-corrected chi connectivity index (χ2v) is 36.7. The first-order valence-corrected chi connectivity index (χ1v) is 34.8. The van der Waals surface area contributed by atoms with E-state index < -0.39 is 0 Å². The van der Waals surface area contributed by atoms with Gasteiger partial charge < -0.3 is 14.7 Å². The summed E-state index contributed by atoms with van der Waals surface area (Å²) in [7, 11) is 0. The molecule has 0 N–H and O–H groups in total. The van der Waals surface area contributed by atoms with E-state index in [-0.39, 0.29) is 60.9 Å². The van der Waals surface area contributed by atoms with E-state index >= 15 is 0 Å². The molecular formula is C87H104BN3. The van der Waals surface area contributed by atoms with E-state index in [2.05, 4.69) is 313 Å². The van der Waals surface area contributed by atoms with Gasteiger partial charge in [0.15, 0.2) is 0 Å². The van der Waals surface area contributed by atoms with Gasteiger partial charge in [0.05, 0.1) is 5.69 Å². The van der Waals surface area contributed by atoms with Crippen LogP contribution in [-0.2, 0) is 54.1 Å². The first kappa shape index (κ1) is 61.7. The largest absolute Gasteiger partial charge is 0.311 e. The van der Waals surface area contributed by atoms with Crippen molar-refractivity contribution in [3.63, 3.8) is 0 Å². The van der Waals surface area contributed by atoms with Crippen LogP contribution in [0.2, 0.25) is 0 Å². The third kappa shape index (κ3) is 9.59. The molecule has 2 heterocycles. The molecule has 0 unspecified atom stereocenters. The Morgan fingerprint density at radius 3 is 1.04 bits per heavy atom. The maximum absolute atomic E-state index is 2.78. The van der Waals surface area contributed by atoms with E-state index in [1.807, 2.05) is 0 Å². The van der Waals surface area contributed by atoms with E-state index in [1.54, 1.807) is 0 Å². The molecule has 470 valence electrons. The van der Waals surface area contributed by atoms with Gasteiger partial charge in [-0.2, -0.15) is 0 Å². The van der Waals surface area contributed by atoms with Crippen LogP contribution in [0.5, 0.6) is 0 Å². The van der Waals surface area contributed by atoms with Crippen LogP contribution in [0.25, 0.3) is 11.1 Å². The summed E-state index contributed by atoms with van der Waals surface area (Å²) in [5.41, 5.74) is 33.6. The van der Waals surface area contributed by atoms with E-state index in [1.165, 1.54) is 129 Å². The van der Waals surface area contributed by atoms with E-state index in [0.29, 0.717) is 0 Å². The minimum Gasteiger partial charge on any atom is -0.311 e. The van der Waals surface area contributed by atoms with Crippen LogP contribution < -0.4 is 31.1 Å². The van der Waals surface area contributed by atoms with Gasteiger partial charge in [0.1, 0.15) is 0 Å². The van der Waals surface area contributed by atoms with E-state index in [0.717, 1.165) is 49.2 Å². The summed E-state index contributed by atoms with van der Waals surface area (Å²) in [5.74, 6) is 0. The third-order valence-electron chi connectivity index (χ3n) is 24.1. The quantitative estimate of drug-likeness (QED) is 0.159. The molecule has 0 bridgehead atoms. The minimum atomic E-state index is -0.230. The van der Waals surface area contributed by atoms with Crippen molar-refractivity contribution in [2.45, 2.75) is 252 Å². The summed E-state index contributed by atoms with van der Waals surface area (Å²) < 4.78 is 0. The second-order valence-electron chi connectivity index (χ2n) is 36.7. The average molecular weight is 1200 g/mol. The number of fused-ring (bicyclic) bond motifs is 10. The van der Waals surface area contributed by atoms with Crippen LogP contribution >= 0.6 is 0 Å². The lowest BCUT2D eigenvalue weighted by Crippen LogP contribution is -2.62. The van der Waals surface area contributed by atoms with Gasteiger partial charge in [-0.3, -0.25) is 0 Å². The topological polar surface area (TPSA) is 9.72 Å². The van der Waals surface area contributed by atoms with Crippen LogP contribution in [0.3, 0.4) is 0 Å². The molecule has 0 atom stereocenters. The molecule has 0 radical (unpaired) electrons. The highest BCUT2D eigenvalue weighted by Gasteiger charge is 2.50. The van der Waals surface area contributed by atoms with Crippen molar-refractivity contribution in [3.05, 3.63) is 201 Å². The number of nitrogens with zero attached hydrogens (tertiary/aromatic N) is 3. The summed E-state index contributed by atoms with van der Waals surface area (Å²) >= 11 is 0. The molecule has 8 aromatic carbocycles. The number of rotatable bonds is 5. The zero-order chi connectivity index (χ0) is 65.2. The fraction of sp³-hybridized carbons (Fsp3) is 0.448. The van der Waals surface area contributed by atoms with Gasteiger partial charge in [-0.1, -0.05) is 226 Å². The molecule has 3 nitrogen and oxygen atoms in total. The monoisotopic (exact) mass is 1200 g/mol. The predicted molar refractivity (Wildman–Crippen MR) is 395 cm³/mol. The van der Waals surface area contributed by atoms with Crippen molar-refractivity contribution in [3.8, 4) is 11.1 Å². The summed E-state index contributed by atoms with van der Waals surface area (Å²) in [5, 5.41) is 0. The average Bonchev–Trinajstić information content (AvgIpc) is 0.977. The molecular weight excluding hydrogens is 1100 g/mol. The molecule has 14 rings (SSSR count). The Morgan fingerprint density at radius 1 is 0.308 bits per heavy atom. The zero-order valence-corrected chi connectivity index (χ0v) is 59.9. The Bertz CT molecular complexity index is 4270. The molecule has 4 aliphatic carbocycles. The van der Waals surface area contributed by atoms with Gasteiger partial charge >= 0.3 is 0 Å². The van der Waals surface area contributed by atoms with Gasteiger partial charge in [0.25, 0.3) is 6.71 Å². The van der Waals surface area contributed by atoms with Crippen LogP contribution in [0, 0.1) is 0 Å². The molecule has 2 aliphatic heterocycles. The van der Waals surface area contributed by atoms with Crippen LogP contribution in [-0.4, -0.2) is 6.71 Å². The van der Waals surface area contributed by atoms with Crippen LogP contribution in [0.1, 0.15) is 259 Å². The lowest BCUT2D eigenvalue weighted by Gasteiger charge is -2.49. The lowest BCUT2D eigenvalue weighted by molar-refractivity contribution is 0.332. The predicted octanol–water partition coefficient (Wildman–Crippen LogP) is 22.5. The van der Waals surface area contributed by atoms with Crippen LogP contribution in [0.4, 0.5) is 51.2 Å². The first-order chi connectivity index (χ1) is 42.2. The highest BCUT2D eigenvalue weighted by atomic mass is 15.2. The van der Waals surface area contributed by atoms with Gasteiger partial charge in [0, 0.05) is 50.9 Å². The summed E-state index contributed by atoms with van der Waals surface area (Å²) in [6.07, 6.45) is 6.92. The lowest BCUT2D eigenvalue weighted by atomic mass is 9.32. The third-order valence-corrected chi connectivity index (χ3v) is 24.1. The SMILES string of the molecule is CC(C)(C)c1ccc(N(c2ccc(C(C)(C)C)cc2)c2cc3c4c(c2)N(c2ccc5c(c2)C(C)(C)c2cc(C(C)(C)C)ccc2-5)c2cc5c(cc2B4c2cc4c(cc2N3c2ccc3c(c2)C(C)(C)CCC3(C)C)C(C)(C)CCC4(C)C)C(C)(C)CCC5(C)C)cc1. The molecule has 0 amide bonds. The van der Waals surface area contributed by atoms with E-state index in [4.69, 9.17) is 0 Å². The number of benzene rings is 8. The maximum Gasteiger partial charge on any atom is 0.252 e. The maximum atomic E-state index is 2.78. The molecule has 0 spiro atoms. The fourth-order valence-corrected chi connectivity index (χ4v) is 17.5. The van der Waals surface area contributed by atoms with Crippen molar-refractivity contribution in [1.29, 1.82) is 0 Å². The Morgan fingerprint density at radius 2 is 0.637 bits per heavy atom.